The molecule has 0 unspecified atom stereocenters. The molecule has 1 aromatic heterocycles. The lowest BCUT2D eigenvalue weighted by Crippen LogP contribution is -1.85. The molecule has 0 radical (unpaired) electrons. The summed E-state index contributed by atoms with van der Waals surface area (Å²) in [4.78, 5) is 5.40. The minimum absolute atomic E-state index is 0.164. The van der Waals surface area contributed by atoms with Crippen molar-refractivity contribution >= 4 is 12.2 Å². The first kappa shape index (κ1) is 9.08. The maximum absolute atomic E-state index is 13.2. The fraction of sp³-hybridized carbons (Fsp3) is 0. The van der Waals surface area contributed by atoms with E-state index in [-0.39, 0.29) is 5.56 Å². The molecule has 2 rings (SSSR count). The van der Waals surface area contributed by atoms with Crippen molar-refractivity contribution in [2.24, 2.45) is 0 Å². The number of nitrogens with one attached hydrogen (secondary N) is 2. The van der Waals surface area contributed by atoms with Crippen molar-refractivity contribution in [3.63, 3.8) is 0 Å². The third kappa shape index (κ3) is 1.58. The Kier molecular flexibility index (Phi) is 2.17. The molecule has 14 heavy (non-hydrogen) atoms. The molecular weight excluding hydrogens is 206 g/mol. The van der Waals surface area contributed by atoms with E-state index < -0.39 is 11.6 Å². The molecule has 0 fully saturated rings. The maximum Gasteiger partial charge on any atom is 0.174 e. The fourth-order valence-electron chi connectivity index (χ4n) is 1.18. The van der Waals surface area contributed by atoms with Crippen LogP contribution in [0.3, 0.4) is 0 Å². The van der Waals surface area contributed by atoms with Gasteiger partial charge in [0.25, 0.3) is 0 Å². The number of aromatic amines is 2. The second-order valence-corrected chi connectivity index (χ2v) is 3.19. The highest BCUT2D eigenvalue weighted by Crippen LogP contribution is 2.21. The minimum Gasteiger partial charge on any atom is -0.337 e. The Morgan fingerprint density at radius 1 is 1.21 bits per heavy atom. The lowest BCUT2D eigenvalue weighted by atomic mass is 10.1. The summed E-state index contributed by atoms with van der Waals surface area (Å²) >= 11 is 4.78. The van der Waals surface area contributed by atoms with E-state index in [4.69, 9.17) is 12.2 Å². The summed E-state index contributed by atoms with van der Waals surface area (Å²) < 4.78 is 26.4. The van der Waals surface area contributed by atoms with Crippen LogP contribution in [0.1, 0.15) is 0 Å². The van der Waals surface area contributed by atoms with Gasteiger partial charge in [-0.25, -0.2) is 8.78 Å². The summed E-state index contributed by atoms with van der Waals surface area (Å²) in [7, 11) is 0. The number of hydrogen-bond donors (Lipinski definition) is 2. The predicted molar refractivity (Wildman–Crippen MR) is 51.3 cm³/mol. The van der Waals surface area contributed by atoms with E-state index in [0.717, 1.165) is 18.2 Å². The first-order valence-corrected chi connectivity index (χ1v) is 4.31. The zero-order valence-electron chi connectivity index (χ0n) is 6.97. The zero-order chi connectivity index (χ0) is 10.1. The van der Waals surface area contributed by atoms with Crippen molar-refractivity contribution in [1.82, 2.24) is 9.97 Å². The SMILES string of the molecule is Fc1ccc(F)c(-c2c[nH]c(=S)[nH]2)c1. The molecule has 1 heterocycles. The molecule has 0 aliphatic heterocycles. The number of benzene rings is 1. The number of aromatic nitrogens is 2. The molecule has 0 bridgehead atoms. The highest BCUT2D eigenvalue weighted by Gasteiger charge is 2.07. The van der Waals surface area contributed by atoms with Gasteiger partial charge in [-0.15, -0.1) is 0 Å². The summed E-state index contributed by atoms with van der Waals surface area (Å²) in [5, 5.41) is 0. The average Bonchev–Trinajstić information content (AvgIpc) is 2.56. The molecule has 72 valence electrons. The summed E-state index contributed by atoms with van der Waals surface area (Å²) in [5.41, 5.74) is 0.601. The van der Waals surface area contributed by atoms with Gasteiger partial charge < -0.3 is 9.97 Å². The van der Waals surface area contributed by atoms with Crippen LogP contribution in [0.25, 0.3) is 11.3 Å². The van der Waals surface area contributed by atoms with Gasteiger partial charge in [-0.3, -0.25) is 0 Å². The molecule has 0 spiro atoms. The van der Waals surface area contributed by atoms with Crippen LogP contribution in [-0.4, -0.2) is 9.97 Å². The summed E-state index contributed by atoms with van der Waals surface area (Å²) in [6.45, 7) is 0. The van der Waals surface area contributed by atoms with Crippen LogP contribution in [0.2, 0.25) is 0 Å². The second-order valence-electron chi connectivity index (χ2n) is 2.78. The average molecular weight is 212 g/mol. The Balaban J connectivity index is 2.61. The number of rotatable bonds is 1. The second kappa shape index (κ2) is 3.34. The van der Waals surface area contributed by atoms with Crippen molar-refractivity contribution < 1.29 is 8.78 Å². The third-order valence-electron chi connectivity index (χ3n) is 1.81. The molecular formula is C9H6F2N2S. The van der Waals surface area contributed by atoms with Crippen LogP contribution in [-0.2, 0) is 0 Å². The molecule has 5 heteroatoms. The quantitative estimate of drug-likeness (QED) is 0.699. The van der Waals surface area contributed by atoms with E-state index >= 15 is 0 Å². The maximum atomic E-state index is 13.2. The van der Waals surface area contributed by atoms with Crippen molar-refractivity contribution in [1.29, 1.82) is 0 Å². The van der Waals surface area contributed by atoms with Gasteiger partial charge in [0, 0.05) is 11.8 Å². The molecule has 0 amide bonds. The first-order valence-electron chi connectivity index (χ1n) is 3.90. The Labute approximate surface area is 83.6 Å². The number of imidazole rings is 1. The van der Waals surface area contributed by atoms with Gasteiger partial charge in [0.2, 0.25) is 0 Å². The Hall–Kier alpha value is -1.49. The first-order chi connectivity index (χ1) is 6.66. The largest absolute Gasteiger partial charge is 0.337 e. The standard InChI is InChI=1S/C9H6F2N2S/c10-5-1-2-7(11)6(3-5)8-4-12-9(14)13-8/h1-4H,(H2,12,13,14). The number of hydrogen-bond acceptors (Lipinski definition) is 1. The van der Waals surface area contributed by atoms with Gasteiger partial charge in [-0.2, -0.15) is 0 Å². The molecule has 2 N–H and O–H groups in total. The van der Waals surface area contributed by atoms with E-state index in [1.165, 1.54) is 6.20 Å². The number of halogens is 2. The van der Waals surface area contributed by atoms with Crippen molar-refractivity contribution in [2.75, 3.05) is 0 Å². The fourth-order valence-corrected chi connectivity index (χ4v) is 1.35. The van der Waals surface area contributed by atoms with Crippen LogP contribution in [0.4, 0.5) is 8.78 Å². The minimum atomic E-state index is -0.489. The highest BCUT2D eigenvalue weighted by atomic mass is 32.1. The van der Waals surface area contributed by atoms with Gasteiger partial charge in [-0.05, 0) is 30.4 Å². The summed E-state index contributed by atoms with van der Waals surface area (Å²) in [6, 6.07) is 3.26. The summed E-state index contributed by atoms with van der Waals surface area (Å²) in [5.74, 6) is -0.974. The predicted octanol–water partition coefficient (Wildman–Crippen LogP) is 3.02. The van der Waals surface area contributed by atoms with Crippen LogP contribution in [0.5, 0.6) is 0 Å². The van der Waals surface area contributed by atoms with Crippen LogP contribution >= 0.6 is 12.2 Å². The smallest absolute Gasteiger partial charge is 0.174 e. The monoisotopic (exact) mass is 212 g/mol. The van der Waals surface area contributed by atoms with E-state index in [9.17, 15) is 8.78 Å². The molecule has 0 aliphatic rings. The molecule has 1 aromatic carbocycles. The molecule has 0 atom stereocenters. The zero-order valence-corrected chi connectivity index (χ0v) is 7.79. The van der Waals surface area contributed by atoms with Crippen molar-refractivity contribution in [3.05, 3.63) is 40.8 Å². The molecule has 0 saturated carbocycles. The number of H-pyrrole nitrogens is 2. The van der Waals surface area contributed by atoms with Gasteiger partial charge in [-0.1, -0.05) is 0 Å². The normalized spacial score (nSPS) is 10.4. The molecule has 0 aliphatic carbocycles. The van der Waals surface area contributed by atoms with E-state index in [0.29, 0.717) is 10.5 Å². The Morgan fingerprint density at radius 3 is 2.64 bits per heavy atom. The van der Waals surface area contributed by atoms with E-state index in [2.05, 4.69) is 9.97 Å². The van der Waals surface area contributed by atoms with Crippen LogP contribution in [0.15, 0.2) is 24.4 Å². The van der Waals surface area contributed by atoms with Gasteiger partial charge >= 0.3 is 0 Å². The lowest BCUT2D eigenvalue weighted by molar-refractivity contribution is 0.603. The van der Waals surface area contributed by atoms with Gasteiger partial charge in [0.1, 0.15) is 11.6 Å². The molecule has 0 saturated heterocycles. The lowest BCUT2D eigenvalue weighted by Gasteiger charge is -1.99. The highest BCUT2D eigenvalue weighted by molar-refractivity contribution is 7.71. The van der Waals surface area contributed by atoms with Gasteiger partial charge in [0.05, 0.1) is 5.69 Å². The Bertz CT molecular complexity index is 516. The van der Waals surface area contributed by atoms with Crippen LogP contribution in [0, 0.1) is 16.4 Å². The van der Waals surface area contributed by atoms with Crippen molar-refractivity contribution in [2.45, 2.75) is 0 Å². The summed E-state index contributed by atoms with van der Waals surface area (Å²) in [6.07, 6.45) is 1.50. The Morgan fingerprint density at radius 2 is 2.00 bits per heavy atom. The van der Waals surface area contributed by atoms with Crippen molar-refractivity contribution in [3.8, 4) is 11.3 Å². The molecule has 2 nitrogen and oxygen atoms in total. The van der Waals surface area contributed by atoms with Crippen LogP contribution < -0.4 is 0 Å². The third-order valence-corrected chi connectivity index (χ3v) is 2.03. The topological polar surface area (TPSA) is 31.6 Å². The van der Waals surface area contributed by atoms with E-state index in [1.54, 1.807) is 0 Å². The molecule has 2 aromatic rings. The van der Waals surface area contributed by atoms with E-state index in [1.807, 2.05) is 0 Å². The van der Waals surface area contributed by atoms with Gasteiger partial charge in [0.15, 0.2) is 4.77 Å².